The van der Waals surface area contributed by atoms with Crippen LogP contribution >= 0.6 is 0 Å². The molecule has 2 rings (SSSR count). The molecule has 2 heterocycles. The van der Waals surface area contributed by atoms with E-state index in [2.05, 4.69) is 9.97 Å². The van der Waals surface area contributed by atoms with Gasteiger partial charge in [0.2, 0.25) is 0 Å². The Balaban J connectivity index is 2.13. The Hall–Kier alpha value is -2.37. The van der Waals surface area contributed by atoms with Crippen molar-refractivity contribution in [3.8, 4) is 17.5 Å². The fourth-order valence-electron chi connectivity index (χ4n) is 1.51. The van der Waals surface area contributed by atoms with Gasteiger partial charge in [-0.05, 0) is 0 Å². The lowest BCUT2D eigenvalue weighted by atomic mass is 10.2. The van der Waals surface area contributed by atoms with E-state index in [9.17, 15) is 8.42 Å². The van der Waals surface area contributed by atoms with Gasteiger partial charge in [-0.2, -0.15) is 13.7 Å². The predicted octanol–water partition coefficient (Wildman–Crippen LogP) is 0.191. The van der Waals surface area contributed by atoms with Gasteiger partial charge in [-0.1, -0.05) is 0 Å². The molecule has 8 heteroatoms. The highest BCUT2D eigenvalue weighted by atomic mass is 32.2. The lowest BCUT2D eigenvalue weighted by Crippen LogP contribution is -2.36. The lowest BCUT2D eigenvalue weighted by molar-refractivity contribution is -0.692. The summed E-state index contributed by atoms with van der Waals surface area (Å²) in [4.78, 5) is 8.11. The number of hydrogen-bond donors (Lipinski definition) is 1. The standard InChI is InChI=1S/C12H10N4O3S/c13-7-10-8-14-12(15-9-10)11-1-3-16(4-2-11)5-6-20(17,18)19/h1-4,8-9H,5-6H2/p+1. The minimum Gasteiger partial charge on any atom is -0.285 e. The van der Waals surface area contributed by atoms with Crippen LogP contribution in [0.3, 0.4) is 0 Å². The molecule has 20 heavy (non-hydrogen) atoms. The molecule has 7 nitrogen and oxygen atoms in total. The summed E-state index contributed by atoms with van der Waals surface area (Å²) in [5, 5.41) is 8.66. The largest absolute Gasteiger partial charge is 0.285 e. The van der Waals surface area contributed by atoms with Gasteiger partial charge in [0.25, 0.3) is 10.1 Å². The second-order valence-electron chi connectivity index (χ2n) is 4.02. The maximum Gasteiger partial charge on any atom is 0.271 e. The highest BCUT2D eigenvalue weighted by molar-refractivity contribution is 7.85. The zero-order valence-corrected chi connectivity index (χ0v) is 11.2. The van der Waals surface area contributed by atoms with Crippen LogP contribution in [0, 0.1) is 11.3 Å². The molecule has 102 valence electrons. The van der Waals surface area contributed by atoms with Gasteiger partial charge in [-0.25, -0.2) is 14.5 Å². The molecule has 0 amide bonds. The van der Waals surface area contributed by atoms with Gasteiger partial charge >= 0.3 is 0 Å². The van der Waals surface area contributed by atoms with Gasteiger partial charge < -0.3 is 0 Å². The highest BCUT2D eigenvalue weighted by Gasteiger charge is 2.10. The number of aromatic nitrogens is 3. The molecule has 0 atom stereocenters. The average molecular weight is 291 g/mol. The molecule has 0 bridgehead atoms. The molecule has 0 saturated heterocycles. The first-order valence-electron chi connectivity index (χ1n) is 5.65. The van der Waals surface area contributed by atoms with E-state index in [1.54, 1.807) is 29.1 Å². The molecule has 0 spiro atoms. The van der Waals surface area contributed by atoms with Crippen LogP contribution in [0.1, 0.15) is 5.56 Å². The molecule has 0 aliphatic heterocycles. The summed E-state index contributed by atoms with van der Waals surface area (Å²) >= 11 is 0. The Morgan fingerprint density at radius 2 is 1.85 bits per heavy atom. The summed E-state index contributed by atoms with van der Waals surface area (Å²) < 4.78 is 31.6. The lowest BCUT2D eigenvalue weighted by Gasteiger charge is -1.99. The molecule has 2 aromatic heterocycles. The van der Waals surface area contributed by atoms with Gasteiger partial charge in [0, 0.05) is 30.1 Å². The summed E-state index contributed by atoms with van der Waals surface area (Å²) in [7, 11) is -3.97. The van der Waals surface area contributed by atoms with E-state index in [1.165, 1.54) is 12.4 Å². The van der Waals surface area contributed by atoms with Crippen LogP contribution < -0.4 is 4.57 Å². The van der Waals surface area contributed by atoms with Crippen molar-refractivity contribution in [2.45, 2.75) is 6.54 Å². The predicted molar refractivity (Wildman–Crippen MR) is 68.8 cm³/mol. The van der Waals surface area contributed by atoms with Gasteiger partial charge in [-0.3, -0.25) is 4.55 Å². The van der Waals surface area contributed by atoms with Gasteiger partial charge in [0.1, 0.15) is 11.8 Å². The monoisotopic (exact) mass is 291 g/mol. The summed E-state index contributed by atoms with van der Waals surface area (Å²) in [5.41, 5.74) is 1.13. The van der Waals surface area contributed by atoms with Crippen LogP contribution in [0.5, 0.6) is 0 Å². The third kappa shape index (κ3) is 3.81. The molecule has 0 aliphatic rings. The second kappa shape index (κ2) is 5.73. The molecule has 0 aromatic carbocycles. The SMILES string of the molecule is N#Cc1cnc(-c2cc[n+](CCS(=O)(=O)O)cc2)nc1. The first kappa shape index (κ1) is 14.0. The van der Waals surface area contributed by atoms with E-state index in [0.29, 0.717) is 11.4 Å². The summed E-state index contributed by atoms with van der Waals surface area (Å²) in [5.74, 6) is 0.135. The Morgan fingerprint density at radius 3 is 2.35 bits per heavy atom. The summed E-state index contributed by atoms with van der Waals surface area (Å²) in [6.45, 7) is 0.160. The first-order valence-corrected chi connectivity index (χ1v) is 7.25. The van der Waals surface area contributed by atoms with Crippen molar-refractivity contribution in [1.29, 1.82) is 5.26 Å². The van der Waals surface area contributed by atoms with Crippen LogP contribution in [0.15, 0.2) is 36.9 Å². The molecule has 0 unspecified atom stereocenters. The molecule has 2 aromatic rings. The van der Waals surface area contributed by atoms with Crippen LogP contribution in [0.25, 0.3) is 11.4 Å². The zero-order chi connectivity index (χ0) is 14.6. The summed E-state index contributed by atoms with van der Waals surface area (Å²) in [6.07, 6.45) is 6.20. The molecule has 0 radical (unpaired) electrons. The topological polar surface area (TPSA) is 108 Å². The number of hydrogen-bond acceptors (Lipinski definition) is 5. The quantitative estimate of drug-likeness (QED) is 0.636. The van der Waals surface area contributed by atoms with Crippen LogP contribution in [0.4, 0.5) is 0 Å². The number of nitriles is 1. The fourth-order valence-corrected chi connectivity index (χ4v) is 1.95. The summed E-state index contributed by atoms with van der Waals surface area (Å²) in [6, 6.07) is 5.39. The van der Waals surface area contributed by atoms with Crippen molar-refractivity contribution < 1.29 is 17.5 Å². The van der Waals surface area contributed by atoms with Crippen LogP contribution in [0.2, 0.25) is 0 Å². The van der Waals surface area contributed by atoms with Crippen LogP contribution in [-0.2, 0) is 16.7 Å². The van der Waals surface area contributed by atoms with E-state index >= 15 is 0 Å². The van der Waals surface area contributed by atoms with Crippen molar-refractivity contribution in [2.24, 2.45) is 0 Å². The maximum atomic E-state index is 10.6. The van der Waals surface area contributed by atoms with E-state index in [0.717, 1.165) is 5.56 Å². The first-order chi connectivity index (χ1) is 9.48. The van der Waals surface area contributed by atoms with Crippen LogP contribution in [-0.4, -0.2) is 28.7 Å². The Labute approximate surface area is 115 Å². The number of rotatable bonds is 4. The van der Waals surface area contributed by atoms with Crippen molar-refractivity contribution in [3.05, 3.63) is 42.5 Å². The number of pyridine rings is 1. The molecular weight excluding hydrogens is 280 g/mol. The molecule has 1 N–H and O–H groups in total. The molecular formula is C12H11N4O3S+. The minimum absolute atomic E-state index is 0.160. The van der Waals surface area contributed by atoms with Gasteiger partial charge in [0.15, 0.2) is 24.8 Å². The van der Waals surface area contributed by atoms with E-state index in [4.69, 9.17) is 9.81 Å². The molecule has 0 fully saturated rings. The highest BCUT2D eigenvalue weighted by Crippen LogP contribution is 2.11. The molecule has 0 saturated carbocycles. The fraction of sp³-hybridized carbons (Fsp3) is 0.167. The minimum atomic E-state index is -3.97. The number of nitrogens with zero attached hydrogens (tertiary/aromatic N) is 4. The molecule has 0 aliphatic carbocycles. The Morgan fingerprint density at radius 1 is 1.25 bits per heavy atom. The normalized spacial score (nSPS) is 11.0. The Bertz CT molecular complexity index is 734. The van der Waals surface area contributed by atoms with E-state index < -0.39 is 10.1 Å². The third-order valence-corrected chi connectivity index (χ3v) is 3.24. The maximum absolute atomic E-state index is 10.6. The van der Waals surface area contributed by atoms with Crippen molar-refractivity contribution >= 4 is 10.1 Å². The van der Waals surface area contributed by atoms with Crippen molar-refractivity contribution in [2.75, 3.05) is 5.75 Å². The number of aryl methyl sites for hydroxylation is 1. The van der Waals surface area contributed by atoms with Gasteiger partial charge in [-0.15, -0.1) is 0 Å². The van der Waals surface area contributed by atoms with Crippen molar-refractivity contribution in [3.63, 3.8) is 0 Å². The third-order valence-electron chi connectivity index (χ3n) is 2.54. The average Bonchev–Trinajstić information content (AvgIpc) is 2.45. The Kier molecular flexibility index (Phi) is 4.02. The smallest absolute Gasteiger partial charge is 0.271 e. The van der Waals surface area contributed by atoms with E-state index in [1.807, 2.05) is 6.07 Å². The van der Waals surface area contributed by atoms with Crippen molar-refractivity contribution in [1.82, 2.24) is 9.97 Å². The van der Waals surface area contributed by atoms with E-state index in [-0.39, 0.29) is 12.3 Å². The van der Waals surface area contributed by atoms with Gasteiger partial charge in [0.05, 0.1) is 5.56 Å². The zero-order valence-electron chi connectivity index (χ0n) is 10.3. The second-order valence-corrected chi connectivity index (χ2v) is 5.59.